The summed E-state index contributed by atoms with van der Waals surface area (Å²) in [4.78, 5) is 14.7. The number of carbonyl (C=O) groups is 1. The third kappa shape index (κ3) is 7.45. The second-order valence-corrected chi connectivity index (χ2v) is 8.32. The van der Waals surface area contributed by atoms with E-state index in [4.69, 9.17) is 9.47 Å². The second-order valence-electron chi connectivity index (χ2n) is 8.32. The summed E-state index contributed by atoms with van der Waals surface area (Å²) < 4.78 is 11.3. The van der Waals surface area contributed by atoms with Crippen LogP contribution in [0.3, 0.4) is 0 Å². The topological polar surface area (TPSA) is 50.8 Å². The molecule has 0 unspecified atom stereocenters. The van der Waals surface area contributed by atoms with E-state index in [1.807, 2.05) is 54.6 Å². The number of hydrogen-bond donors (Lipinski definition) is 1. The fourth-order valence-corrected chi connectivity index (χ4v) is 3.91. The van der Waals surface area contributed by atoms with Crippen molar-refractivity contribution in [1.29, 1.82) is 0 Å². The Bertz CT molecular complexity index is 982. The first kappa shape index (κ1) is 23.0. The van der Waals surface area contributed by atoms with E-state index in [0.29, 0.717) is 13.0 Å². The molecule has 33 heavy (non-hydrogen) atoms. The van der Waals surface area contributed by atoms with E-state index in [2.05, 4.69) is 34.5 Å². The summed E-state index contributed by atoms with van der Waals surface area (Å²) in [5, 5.41) is 2.98. The summed E-state index contributed by atoms with van der Waals surface area (Å²) in [5.41, 5.74) is 4.37. The van der Waals surface area contributed by atoms with Crippen molar-refractivity contribution in [1.82, 2.24) is 10.2 Å². The fraction of sp³-hybridized carbons (Fsp3) is 0.321. The van der Waals surface area contributed by atoms with Crippen molar-refractivity contribution in [3.8, 4) is 16.9 Å². The summed E-state index contributed by atoms with van der Waals surface area (Å²) in [6, 6.07) is 26.3. The van der Waals surface area contributed by atoms with E-state index < -0.39 is 0 Å². The van der Waals surface area contributed by atoms with Crippen LogP contribution in [-0.4, -0.2) is 50.3 Å². The lowest BCUT2D eigenvalue weighted by Crippen LogP contribution is -2.37. The zero-order valence-corrected chi connectivity index (χ0v) is 19.0. The molecule has 172 valence electrons. The van der Waals surface area contributed by atoms with Crippen molar-refractivity contribution in [2.75, 3.05) is 39.5 Å². The number of ether oxygens (including phenoxy) is 2. The van der Waals surface area contributed by atoms with Gasteiger partial charge in [0.1, 0.15) is 5.75 Å². The molecule has 0 aromatic heterocycles. The molecular weight excluding hydrogens is 412 g/mol. The van der Waals surface area contributed by atoms with Gasteiger partial charge in [0.05, 0.1) is 26.2 Å². The Labute approximate surface area is 196 Å². The third-order valence-corrected chi connectivity index (χ3v) is 5.83. The van der Waals surface area contributed by atoms with Crippen LogP contribution in [0.2, 0.25) is 0 Å². The molecule has 5 heteroatoms. The maximum Gasteiger partial charge on any atom is 0.224 e. The van der Waals surface area contributed by atoms with Gasteiger partial charge in [-0.05, 0) is 40.8 Å². The Balaban J connectivity index is 1.20. The first-order valence-corrected chi connectivity index (χ1v) is 11.7. The monoisotopic (exact) mass is 444 g/mol. The minimum atomic E-state index is 0.0294. The van der Waals surface area contributed by atoms with Gasteiger partial charge in [-0.25, -0.2) is 0 Å². The van der Waals surface area contributed by atoms with Crippen LogP contribution in [-0.2, 0) is 22.5 Å². The van der Waals surface area contributed by atoms with Gasteiger partial charge >= 0.3 is 0 Å². The predicted octanol–water partition coefficient (Wildman–Crippen LogP) is 4.31. The molecule has 3 aromatic carbocycles. The summed E-state index contributed by atoms with van der Waals surface area (Å²) in [6.07, 6.45) is 1.40. The highest BCUT2D eigenvalue weighted by Crippen LogP contribution is 2.23. The van der Waals surface area contributed by atoms with Crippen molar-refractivity contribution in [3.63, 3.8) is 0 Å². The summed E-state index contributed by atoms with van der Waals surface area (Å²) >= 11 is 0. The first-order valence-electron chi connectivity index (χ1n) is 11.7. The Morgan fingerprint density at radius 2 is 1.52 bits per heavy atom. The highest BCUT2D eigenvalue weighted by Gasteiger charge is 2.09. The summed E-state index contributed by atoms with van der Waals surface area (Å²) in [6.45, 7) is 6.04. The van der Waals surface area contributed by atoms with Gasteiger partial charge in [0.2, 0.25) is 5.91 Å². The summed E-state index contributed by atoms with van der Waals surface area (Å²) in [7, 11) is 0. The number of hydrogen-bond acceptors (Lipinski definition) is 4. The van der Waals surface area contributed by atoms with Crippen LogP contribution in [0.1, 0.15) is 17.5 Å². The molecule has 0 spiro atoms. The van der Waals surface area contributed by atoms with E-state index in [1.165, 1.54) is 0 Å². The number of carbonyl (C=O) groups excluding carboxylic acids is 1. The van der Waals surface area contributed by atoms with Gasteiger partial charge in [-0.15, -0.1) is 0 Å². The number of morpholine rings is 1. The molecule has 1 N–H and O–H groups in total. The minimum Gasteiger partial charge on any atom is -0.494 e. The highest BCUT2D eigenvalue weighted by atomic mass is 16.5. The molecule has 1 heterocycles. The number of nitrogens with one attached hydrogen (secondary N) is 1. The van der Waals surface area contributed by atoms with Crippen LogP contribution in [0.4, 0.5) is 0 Å². The molecule has 0 radical (unpaired) electrons. The van der Waals surface area contributed by atoms with Crippen LogP contribution < -0.4 is 10.1 Å². The number of rotatable bonds is 10. The van der Waals surface area contributed by atoms with Crippen molar-refractivity contribution in [2.24, 2.45) is 0 Å². The molecule has 1 fully saturated rings. The van der Waals surface area contributed by atoms with E-state index >= 15 is 0 Å². The van der Waals surface area contributed by atoms with Gasteiger partial charge in [-0.1, -0.05) is 66.7 Å². The smallest absolute Gasteiger partial charge is 0.224 e. The average molecular weight is 445 g/mol. The predicted molar refractivity (Wildman–Crippen MR) is 131 cm³/mol. The van der Waals surface area contributed by atoms with Gasteiger partial charge in [0.25, 0.3) is 0 Å². The maximum absolute atomic E-state index is 12.2. The standard InChI is InChI=1S/C28H32N2O3/c31-28(29-22-24-5-2-1-3-6-24)21-23-7-9-25(10-8-23)26-11-13-27(14-12-26)33-18-4-15-30-16-19-32-20-17-30/h1-3,5-14H,4,15-22H2,(H,29,31). The Morgan fingerprint density at radius 3 is 2.21 bits per heavy atom. The zero-order chi connectivity index (χ0) is 22.7. The number of nitrogens with zero attached hydrogens (tertiary/aromatic N) is 1. The van der Waals surface area contributed by atoms with E-state index in [1.54, 1.807) is 0 Å². The largest absolute Gasteiger partial charge is 0.494 e. The normalized spacial score (nSPS) is 14.1. The van der Waals surface area contributed by atoms with E-state index in [-0.39, 0.29) is 5.91 Å². The van der Waals surface area contributed by atoms with E-state index in [0.717, 1.165) is 73.9 Å². The second kappa shape index (κ2) is 12.2. The molecule has 0 atom stereocenters. The van der Waals surface area contributed by atoms with Crippen LogP contribution >= 0.6 is 0 Å². The molecule has 4 rings (SSSR count). The zero-order valence-electron chi connectivity index (χ0n) is 19.0. The number of benzene rings is 3. The molecule has 1 saturated heterocycles. The molecule has 1 amide bonds. The molecule has 1 aliphatic rings. The third-order valence-electron chi connectivity index (χ3n) is 5.83. The van der Waals surface area contributed by atoms with Crippen LogP contribution in [0, 0.1) is 0 Å². The van der Waals surface area contributed by atoms with Crippen LogP contribution in [0.15, 0.2) is 78.9 Å². The molecule has 3 aromatic rings. The van der Waals surface area contributed by atoms with Crippen molar-refractivity contribution in [2.45, 2.75) is 19.4 Å². The van der Waals surface area contributed by atoms with Crippen LogP contribution in [0.5, 0.6) is 5.75 Å². The van der Waals surface area contributed by atoms with Gasteiger partial charge in [0, 0.05) is 26.2 Å². The fourth-order valence-electron chi connectivity index (χ4n) is 3.91. The van der Waals surface area contributed by atoms with Crippen LogP contribution in [0.25, 0.3) is 11.1 Å². The number of amides is 1. The van der Waals surface area contributed by atoms with Gasteiger partial charge in [-0.3, -0.25) is 9.69 Å². The minimum absolute atomic E-state index is 0.0294. The molecular formula is C28H32N2O3. The average Bonchev–Trinajstić information content (AvgIpc) is 2.88. The van der Waals surface area contributed by atoms with Crippen molar-refractivity contribution < 1.29 is 14.3 Å². The quantitative estimate of drug-likeness (QED) is 0.474. The van der Waals surface area contributed by atoms with Gasteiger partial charge < -0.3 is 14.8 Å². The Morgan fingerprint density at radius 1 is 0.848 bits per heavy atom. The summed E-state index contributed by atoms with van der Waals surface area (Å²) in [5.74, 6) is 0.925. The van der Waals surface area contributed by atoms with Gasteiger partial charge in [-0.2, -0.15) is 0 Å². The first-order chi connectivity index (χ1) is 16.3. The molecule has 0 bridgehead atoms. The molecule has 5 nitrogen and oxygen atoms in total. The molecule has 0 aliphatic carbocycles. The lowest BCUT2D eigenvalue weighted by atomic mass is 10.0. The lowest BCUT2D eigenvalue weighted by Gasteiger charge is -2.26. The molecule has 1 aliphatic heterocycles. The van der Waals surface area contributed by atoms with Gasteiger partial charge in [0.15, 0.2) is 0 Å². The SMILES string of the molecule is O=C(Cc1ccc(-c2ccc(OCCCN3CCOCC3)cc2)cc1)NCc1ccccc1. The Kier molecular flexibility index (Phi) is 8.50. The van der Waals surface area contributed by atoms with Crippen molar-refractivity contribution >= 4 is 5.91 Å². The highest BCUT2D eigenvalue weighted by molar-refractivity contribution is 5.78. The molecule has 0 saturated carbocycles. The lowest BCUT2D eigenvalue weighted by molar-refractivity contribution is -0.120. The van der Waals surface area contributed by atoms with E-state index in [9.17, 15) is 4.79 Å². The Hall–Kier alpha value is -3.15. The van der Waals surface area contributed by atoms with Crippen molar-refractivity contribution in [3.05, 3.63) is 90.0 Å². The maximum atomic E-state index is 12.2.